The standard InChI is InChI=1S/C21H19F3N2O5S/c1-15-4-10-19(11-5-15)32(28,29)26(13-18-3-2-12-30-18)14-20(27)25-16-6-8-17(9-7-16)31-21(22,23)24/h2-12H,13-14H2,1H3,(H,25,27). The van der Waals surface area contributed by atoms with Gasteiger partial charge in [-0.05, 0) is 55.5 Å². The van der Waals surface area contributed by atoms with E-state index < -0.39 is 34.6 Å². The summed E-state index contributed by atoms with van der Waals surface area (Å²) < 4.78 is 73.0. The number of sulfonamides is 1. The van der Waals surface area contributed by atoms with E-state index in [4.69, 9.17) is 4.42 Å². The summed E-state index contributed by atoms with van der Waals surface area (Å²) in [6, 6.07) is 13.8. The van der Waals surface area contributed by atoms with Crippen molar-refractivity contribution in [2.75, 3.05) is 11.9 Å². The zero-order chi connectivity index (χ0) is 23.4. The molecule has 0 radical (unpaired) electrons. The summed E-state index contributed by atoms with van der Waals surface area (Å²) in [6.07, 6.45) is -3.45. The number of alkyl halides is 3. The number of carbonyl (C=O) groups excluding carboxylic acids is 1. The lowest BCUT2D eigenvalue weighted by Crippen LogP contribution is -2.37. The first kappa shape index (κ1) is 23.4. The van der Waals surface area contributed by atoms with Gasteiger partial charge in [-0.3, -0.25) is 4.79 Å². The zero-order valence-electron chi connectivity index (χ0n) is 16.8. The number of amides is 1. The Morgan fingerprint density at radius 3 is 2.28 bits per heavy atom. The molecule has 1 N–H and O–H groups in total. The molecule has 0 saturated carbocycles. The molecule has 0 aliphatic rings. The molecule has 0 saturated heterocycles. The number of furan rings is 1. The fourth-order valence-corrected chi connectivity index (χ4v) is 4.12. The Morgan fingerprint density at radius 1 is 1.06 bits per heavy atom. The molecule has 0 spiro atoms. The van der Waals surface area contributed by atoms with Gasteiger partial charge in [-0.25, -0.2) is 8.42 Å². The van der Waals surface area contributed by atoms with Crippen LogP contribution in [-0.2, 0) is 21.4 Å². The summed E-state index contributed by atoms with van der Waals surface area (Å²) >= 11 is 0. The van der Waals surface area contributed by atoms with Crippen molar-refractivity contribution in [3.05, 3.63) is 78.3 Å². The second-order valence-electron chi connectivity index (χ2n) is 6.79. The van der Waals surface area contributed by atoms with Crippen LogP contribution in [0.25, 0.3) is 0 Å². The van der Waals surface area contributed by atoms with Gasteiger partial charge in [0.1, 0.15) is 11.5 Å². The van der Waals surface area contributed by atoms with Crippen LogP contribution in [0.2, 0.25) is 0 Å². The number of hydrogen-bond acceptors (Lipinski definition) is 5. The smallest absolute Gasteiger partial charge is 0.468 e. The Morgan fingerprint density at radius 2 is 1.72 bits per heavy atom. The van der Waals surface area contributed by atoms with Crippen LogP contribution in [-0.4, -0.2) is 31.5 Å². The zero-order valence-corrected chi connectivity index (χ0v) is 17.6. The van der Waals surface area contributed by atoms with Gasteiger partial charge in [0.25, 0.3) is 0 Å². The number of nitrogens with one attached hydrogen (secondary N) is 1. The molecular formula is C21H19F3N2O5S. The summed E-state index contributed by atoms with van der Waals surface area (Å²) in [5.74, 6) is -0.796. The van der Waals surface area contributed by atoms with Crippen LogP contribution >= 0.6 is 0 Å². The number of halogens is 3. The molecule has 0 aliphatic carbocycles. The van der Waals surface area contributed by atoms with Crippen molar-refractivity contribution in [1.29, 1.82) is 0 Å². The molecule has 0 unspecified atom stereocenters. The van der Waals surface area contributed by atoms with Gasteiger partial charge in [0.2, 0.25) is 15.9 Å². The third kappa shape index (κ3) is 6.34. The predicted molar refractivity (Wildman–Crippen MR) is 109 cm³/mol. The highest BCUT2D eigenvalue weighted by atomic mass is 32.2. The molecule has 1 aromatic heterocycles. The summed E-state index contributed by atoms with van der Waals surface area (Å²) in [7, 11) is -4.04. The first-order valence-electron chi connectivity index (χ1n) is 9.28. The van der Waals surface area contributed by atoms with E-state index in [1.54, 1.807) is 24.3 Å². The summed E-state index contributed by atoms with van der Waals surface area (Å²) in [5, 5.41) is 2.46. The second kappa shape index (κ2) is 9.45. The summed E-state index contributed by atoms with van der Waals surface area (Å²) in [4.78, 5) is 12.5. The van der Waals surface area contributed by atoms with Crippen LogP contribution in [0.15, 0.2) is 76.2 Å². The van der Waals surface area contributed by atoms with Crippen molar-refractivity contribution in [2.45, 2.75) is 24.7 Å². The fraction of sp³-hybridized carbons (Fsp3) is 0.190. The average Bonchev–Trinajstić information content (AvgIpc) is 3.21. The Hall–Kier alpha value is -3.31. The Bertz CT molecular complexity index is 1140. The Kier molecular flexibility index (Phi) is 6.90. The highest BCUT2D eigenvalue weighted by Gasteiger charge is 2.31. The maximum atomic E-state index is 13.1. The normalized spacial score (nSPS) is 12.0. The maximum absolute atomic E-state index is 13.1. The molecule has 0 atom stereocenters. The molecule has 3 rings (SSSR count). The number of aryl methyl sites for hydroxylation is 1. The van der Waals surface area contributed by atoms with E-state index in [2.05, 4.69) is 10.1 Å². The van der Waals surface area contributed by atoms with Crippen LogP contribution in [0.1, 0.15) is 11.3 Å². The van der Waals surface area contributed by atoms with Gasteiger partial charge in [-0.15, -0.1) is 13.2 Å². The van der Waals surface area contributed by atoms with Crippen molar-refractivity contribution in [1.82, 2.24) is 4.31 Å². The van der Waals surface area contributed by atoms with Crippen molar-refractivity contribution in [3.63, 3.8) is 0 Å². The molecule has 170 valence electrons. The molecule has 3 aromatic rings. The molecule has 0 bridgehead atoms. The van der Waals surface area contributed by atoms with Crippen molar-refractivity contribution in [2.24, 2.45) is 0 Å². The third-order valence-electron chi connectivity index (χ3n) is 4.26. The lowest BCUT2D eigenvalue weighted by molar-refractivity contribution is -0.274. The number of benzene rings is 2. The number of rotatable bonds is 8. The van der Waals surface area contributed by atoms with Gasteiger partial charge in [0, 0.05) is 5.69 Å². The predicted octanol–water partition coefficient (Wildman–Crippen LogP) is 4.32. The van der Waals surface area contributed by atoms with Crippen LogP contribution in [0.4, 0.5) is 18.9 Å². The van der Waals surface area contributed by atoms with Crippen LogP contribution < -0.4 is 10.1 Å². The molecule has 0 aliphatic heterocycles. The highest BCUT2D eigenvalue weighted by Crippen LogP contribution is 2.24. The molecule has 32 heavy (non-hydrogen) atoms. The number of anilines is 1. The van der Waals surface area contributed by atoms with E-state index in [9.17, 15) is 26.4 Å². The average molecular weight is 468 g/mol. The monoisotopic (exact) mass is 468 g/mol. The van der Waals surface area contributed by atoms with Crippen LogP contribution in [0.5, 0.6) is 5.75 Å². The fourth-order valence-electron chi connectivity index (χ4n) is 2.76. The van der Waals surface area contributed by atoms with Crippen LogP contribution in [0, 0.1) is 6.92 Å². The van der Waals surface area contributed by atoms with E-state index in [1.807, 2.05) is 6.92 Å². The Labute approximate surface area is 182 Å². The van der Waals surface area contributed by atoms with Gasteiger partial charge in [0.15, 0.2) is 0 Å². The first-order chi connectivity index (χ1) is 15.0. The van der Waals surface area contributed by atoms with E-state index in [0.29, 0.717) is 5.76 Å². The van der Waals surface area contributed by atoms with Crippen molar-refractivity contribution < 1.29 is 35.5 Å². The first-order valence-corrected chi connectivity index (χ1v) is 10.7. The van der Waals surface area contributed by atoms with Crippen molar-refractivity contribution in [3.8, 4) is 5.75 Å². The summed E-state index contributed by atoms with van der Waals surface area (Å²) in [5.41, 5.74) is 1.05. The molecule has 2 aromatic carbocycles. The minimum Gasteiger partial charge on any atom is -0.468 e. The lowest BCUT2D eigenvalue weighted by Gasteiger charge is -2.21. The number of carbonyl (C=O) groups is 1. The molecule has 0 fully saturated rings. The van der Waals surface area contributed by atoms with Gasteiger partial charge >= 0.3 is 6.36 Å². The lowest BCUT2D eigenvalue weighted by atomic mass is 10.2. The van der Waals surface area contributed by atoms with Gasteiger partial charge < -0.3 is 14.5 Å². The quantitative estimate of drug-likeness (QED) is 0.532. The summed E-state index contributed by atoms with van der Waals surface area (Å²) in [6.45, 7) is 1.09. The number of hydrogen-bond donors (Lipinski definition) is 1. The SMILES string of the molecule is Cc1ccc(S(=O)(=O)N(CC(=O)Nc2ccc(OC(F)(F)F)cc2)Cc2ccco2)cc1. The third-order valence-corrected chi connectivity index (χ3v) is 6.07. The molecule has 1 amide bonds. The number of ether oxygens (including phenoxy) is 1. The van der Waals surface area contributed by atoms with E-state index in [1.165, 1.54) is 30.5 Å². The molecule has 1 heterocycles. The van der Waals surface area contributed by atoms with E-state index in [0.717, 1.165) is 22.0 Å². The maximum Gasteiger partial charge on any atom is 0.573 e. The topological polar surface area (TPSA) is 88.9 Å². The van der Waals surface area contributed by atoms with Gasteiger partial charge in [0.05, 0.1) is 24.2 Å². The van der Waals surface area contributed by atoms with E-state index >= 15 is 0 Å². The molecular weight excluding hydrogens is 449 g/mol. The molecule has 7 nitrogen and oxygen atoms in total. The molecule has 11 heteroatoms. The van der Waals surface area contributed by atoms with Crippen molar-refractivity contribution >= 4 is 21.6 Å². The van der Waals surface area contributed by atoms with Crippen LogP contribution in [0.3, 0.4) is 0 Å². The minimum absolute atomic E-state index is 0.0103. The highest BCUT2D eigenvalue weighted by molar-refractivity contribution is 7.89. The minimum atomic E-state index is -4.83. The van der Waals surface area contributed by atoms with E-state index in [-0.39, 0.29) is 17.1 Å². The van der Waals surface area contributed by atoms with Gasteiger partial charge in [-0.2, -0.15) is 4.31 Å². The Balaban J connectivity index is 1.75. The van der Waals surface area contributed by atoms with Gasteiger partial charge in [-0.1, -0.05) is 17.7 Å². The number of nitrogens with zero attached hydrogens (tertiary/aromatic N) is 1. The second-order valence-corrected chi connectivity index (χ2v) is 8.72. The largest absolute Gasteiger partial charge is 0.573 e.